The van der Waals surface area contributed by atoms with Crippen molar-refractivity contribution in [3.05, 3.63) is 35.4 Å². The smallest absolute Gasteiger partial charge is 0.309 e. The highest BCUT2D eigenvalue weighted by molar-refractivity contribution is 5.72. The number of hydrogen-bond donors (Lipinski definition) is 1. The van der Waals surface area contributed by atoms with E-state index < -0.39 is 0 Å². The quantitative estimate of drug-likeness (QED) is 0.778. The van der Waals surface area contributed by atoms with Gasteiger partial charge in [0.2, 0.25) is 0 Å². The molecule has 0 bridgehead atoms. The van der Waals surface area contributed by atoms with Gasteiger partial charge < -0.3 is 10.1 Å². The van der Waals surface area contributed by atoms with E-state index in [0.29, 0.717) is 25.3 Å². The summed E-state index contributed by atoms with van der Waals surface area (Å²) in [5, 5.41) is 12.0. The highest BCUT2D eigenvalue weighted by atomic mass is 16.5. The van der Waals surface area contributed by atoms with Crippen molar-refractivity contribution in [2.45, 2.75) is 20.4 Å². The highest BCUT2D eigenvalue weighted by Crippen LogP contribution is 2.04. The average Bonchev–Trinajstić information content (AvgIpc) is 2.39. The monoisotopic (exact) mass is 246 g/mol. The van der Waals surface area contributed by atoms with Gasteiger partial charge in [-0.15, -0.1) is 0 Å². The molecular weight excluding hydrogens is 228 g/mol. The van der Waals surface area contributed by atoms with E-state index in [9.17, 15) is 4.79 Å². The Labute approximate surface area is 108 Å². The standard InChI is InChI=1S/C14H18N2O2/c1-3-18-14(17)11(2)9-16-10-13-6-4-5-12(7-13)8-15/h4-7,11,16H,3,9-10H2,1-2H3. The lowest BCUT2D eigenvalue weighted by Gasteiger charge is -2.11. The molecule has 96 valence electrons. The molecule has 1 N–H and O–H groups in total. The first-order valence-electron chi connectivity index (χ1n) is 6.03. The van der Waals surface area contributed by atoms with Crippen molar-refractivity contribution in [1.29, 1.82) is 5.26 Å². The fourth-order valence-corrected chi connectivity index (χ4v) is 1.55. The zero-order valence-corrected chi connectivity index (χ0v) is 10.8. The average molecular weight is 246 g/mol. The summed E-state index contributed by atoms with van der Waals surface area (Å²) in [6.07, 6.45) is 0. The largest absolute Gasteiger partial charge is 0.466 e. The molecule has 1 aromatic rings. The molecule has 0 amide bonds. The summed E-state index contributed by atoms with van der Waals surface area (Å²) < 4.78 is 4.92. The van der Waals surface area contributed by atoms with Crippen LogP contribution in [0.5, 0.6) is 0 Å². The van der Waals surface area contributed by atoms with Gasteiger partial charge in [0.15, 0.2) is 0 Å². The van der Waals surface area contributed by atoms with Gasteiger partial charge in [-0.2, -0.15) is 5.26 Å². The third-order valence-corrected chi connectivity index (χ3v) is 2.52. The number of ether oxygens (including phenoxy) is 1. The Morgan fingerprint density at radius 3 is 3.00 bits per heavy atom. The molecule has 4 heteroatoms. The minimum absolute atomic E-state index is 0.163. The van der Waals surface area contributed by atoms with E-state index in [1.165, 1.54) is 0 Å². The van der Waals surface area contributed by atoms with Crippen LogP contribution >= 0.6 is 0 Å². The Bertz CT molecular complexity index is 438. The Kier molecular flexibility index (Phi) is 5.89. The second kappa shape index (κ2) is 7.46. The molecule has 1 unspecified atom stereocenters. The Morgan fingerprint density at radius 1 is 1.56 bits per heavy atom. The van der Waals surface area contributed by atoms with E-state index in [1.54, 1.807) is 13.0 Å². The molecule has 0 aliphatic carbocycles. The molecule has 0 fully saturated rings. The molecule has 1 aromatic carbocycles. The van der Waals surface area contributed by atoms with Crippen LogP contribution < -0.4 is 5.32 Å². The van der Waals surface area contributed by atoms with E-state index in [4.69, 9.17) is 10.00 Å². The van der Waals surface area contributed by atoms with Crippen molar-refractivity contribution in [2.75, 3.05) is 13.2 Å². The topological polar surface area (TPSA) is 62.1 Å². The van der Waals surface area contributed by atoms with Crippen LogP contribution in [0.25, 0.3) is 0 Å². The van der Waals surface area contributed by atoms with Gasteiger partial charge in [0.05, 0.1) is 24.2 Å². The molecule has 0 saturated carbocycles. The summed E-state index contributed by atoms with van der Waals surface area (Å²) in [7, 11) is 0. The van der Waals surface area contributed by atoms with E-state index >= 15 is 0 Å². The van der Waals surface area contributed by atoms with Crippen molar-refractivity contribution in [2.24, 2.45) is 5.92 Å². The fourth-order valence-electron chi connectivity index (χ4n) is 1.55. The van der Waals surface area contributed by atoms with Crippen molar-refractivity contribution in [3.63, 3.8) is 0 Å². The van der Waals surface area contributed by atoms with Gasteiger partial charge in [-0.25, -0.2) is 0 Å². The lowest BCUT2D eigenvalue weighted by atomic mass is 10.1. The van der Waals surface area contributed by atoms with Crippen LogP contribution in [0, 0.1) is 17.2 Å². The molecule has 0 aromatic heterocycles. The first-order chi connectivity index (χ1) is 8.67. The van der Waals surface area contributed by atoms with Crippen LogP contribution in [0.4, 0.5) is 0 Å². The van der Waals surface area contributed by atoms with Crippen LogP contribution in [0.1, 0.15) is 25.0 Å². The van der Waals surface area contributed by atoms with E-state index in [1.807, 2.05) is 25.1 Å². The van der Waals surface area contributed by atoms with E-state index in [0.717, 1.165) is 5.56 Å². The number of hydrogen-bond acceptors (Lipinski definition) is 4. The second-order valence-corrected chi connectivity index (χ2v) is 4.10. The maximum absolute atomic E-state index is 11.4. The molecule has 0 spiro atoms. The highest BCUT2D eigenvalue weighted by Gasteiger charge is 2.12. The Morgan fingerprint density at radius 2 is 2.33 bits per heavy atom. The molecule has 4 nitrogen and oxygen atoms in total. The van der Waals surface area contributed by atoms with Crippen LogP contribution in [0.3, 0.4) is 0 Å². The Hall–Kier alpha value is -1.86. The van der Waals surface area contributed by atoms with E-state index in [-0.39, 0.29) is 11.9 Å². The summed E-state index contributed by atoms with van der Waals surface area (Å²) in [6, 6.07) is 9.50. The maximum Gasteiger partial charge on any atom is 0.309 e. The van der Waals surface area contributed by atoms with Crippen molar-refractivity contribution in [3.8, 4) is 6.07 Å². The first kappa shape index (κ1) is 14.2. The second-order valence-electron chi connectivity index (χ2n) is 4.10. The molecule has 0 radical (unpaired) electrons. The lowest BCUT2D eigenvalue weighted by molar-refractivity contribution is -0.147. The SMILES string of the molecule is CCOC(=O)C(C)CNCc1cccc(C#N)c1. The third-order valence-electron chi connectivity index (χ3n) is 2.52. The van der Waals surface area contributed by atoms with Crippen LogP contribution in [-0.4, -0.2) is 19.1 Å². The fraction of sp³-hybridized carbons (Fsp3) is 0.429. The van der Waals surface area contributed by atoms with Gasteiger partial charge in [0.25, 0.3) is 0 Å². The summed E-state index contributed by atoms with van der Waals surface area (Å²) in [5.41, 5.74) is 1.68. The van der Waals surface area contributed by atoms with Crippen molar-refractivity contribution in [1.82, 2.24) is 5.32 Å². The van der Waals surface area contributed by atoms with Gasteiger partial charge in [-0.3, -0.25) is 4.79 Å². The molecule has 0 heterocycles. The Balaban J connectivity index is 2.37. The van der Waals surface area contributed by atoms with Gasteiger partial charge >= 0.3 is 5.97 Å². The predicted octanol–water partition coefficient (Wildman–Crippen LogP) is 1.85. The molecule has 18 heavy (non-hydrogen) atoms. The summed E-state index contributed by atoms with van der Waals surface area (Å²) in [6.45, 7) is 5.24. The molecule has 1 rings (SSSR count). The first-order valence-corrected chi connectivity index (χ1v) is 6.03. The number of carbonyl (C=O) groups is 1. The predicted molar refractivity (Wildman–Crippen MR) is 68.7 cm³/mol. The number of nitriles is 1. The summed E-state index contributed by atoms with van der Waals surface area (Å²) in [5.74, 6) is -0.347. The lowest BCUT2D eigenvalue weighted by Crippen LogP contribution is -2.27. The normalized spacial score (nSPS) is 11.6. The van der Waals surface area contributed by atoms with Crippen LogP contribution in [-0.2, 0) is 16.1 Å². The minimum Gasteiger partial charge on any atom is -0.466 e. The van der Waals surface area contributed by atoms with Gasteiger partial charge in [-0.1, -0.05) is 19.1 Å². The number of nitrogens with zero attached hydrogens (tertiary/aromatic N) is 1. The van der Waals surface area contributed by atoms with Gasteiger partial charge in [0.1, 0.15) is 0 Å². The van der Waals surface area contributed by atoms with Crippen molar-refractivity contribution < 1.29 is 9.53 Å². The number of carbonyl (C=O) groups excluding carboxylic acids is 1. The molecule has 0 saturated heterocycles. The zero-order valence-electron chi connectivity index (χ0n) is 10.8. The molecule has 0 aliphatic heterocycles. The van der Waals surface area contributed by atoms with Crippen LogP contribution in [0.2, 0.25) is 0 Å². The van der Waals surface area contributed by atoms with Crippen molar-refractivity contribution >= 4 is 5.97 Å². The zero-order chi connectivity index (χ0) is 13.4. The number of nitrogens with one attached hydrogen (secondary N) is 1. The summed E-state index contributed by atoms with van der Waals surface area (Å²) >= 11 is 0. The minimum atomic E-state index is -0.184. The number of rotatable bonds is 6. The van der Waals surface area contributed by atoms with Gasteiger partial charge in [-0.05, 0) is 24.6 Å². The maximum atomic E-state index is 11.4. The molecule has 1 atom stereocenters. The van der Waals surface area contributed by atoms with Gasteiger partial charge in [0, 0.05) is 13.1 Å². The molecular formula is C14H18N2O2. The summed E-state index contributed by atoms with van der Waals surface area (Å²) in [4.78, 5) is 11.4. The van der Waals surface area contributed by atoms with Crippen LogP contribution in [0.15, 0.2) is 24.3 Å². The number of esters is 1. The number of benzene rings is 1. The van der Waals surface area contributed by atoms with E-state index in [2.05, 4.69) is 11.4 Å². The molecule has 0 aliphatic rings. The third kappa shape index (κ3) is 4.56.